The Morgan fingerprint density at radius 3 is 2.25 bits per heavy atom. The molecule has 0 spiro atoms. The zero-order chi connectivity index (χ0) is 11.7. The average molecular weight is 226 g/mol. The highest BCUT2D eigenvalue weighted by Gasteiger charge is 2.37. The molecule has 2 rings (SSSR count). The highest BCUT2D eigenvalue weighted by atomic mass is 16.2. The summed E-state index contributed by atoms with van der Waals surface area (Å²) in [7, 11) is 3.62. The van der Waals surface area contributed by atoms with Gasteiger partial charge in [-0.25, -0.2) is 10.4 Å². The number of hydrogen-bond donors (Lipinski definition) is 1. The molecule has 6 nitrogen and oxygen atoms in total. The maximum Gasteiger partial charge on any atom is 0.247 e. The summed E-state index contributed by atoms with van der Waals surface area (Å²) in [5, 5.41) is 2.04. The smallest absolute Gasteiger partial charge is 0.247 e. The van der Waals surface area contributed by atoms with Crippen molar-refractivity contribution in [2.75, 3.05) is 40.3 Å². The fourth-order valence-electron chi connectivity index (χ4n) is 2.01. The molecular formula is C10H18N4O2. The van der Waals surface area contributed by atoms with E-state index in [2.05, 4.69) is 17.4 Å². The first-order valence-corrected chi connectivity index (χ1v) is 5.58. The SMILES string of the molecule is CN1CCN(NC2CC(=O)N(C)C2=O)CC1. The number of hydrazine groups is 1. The quantitative estimate of drug-likeness (QED) is 0.581. The molecule has 0 saturated carbocycles. The van der Waals surface area contributed by atoms with Gasteiger partial charge >= 0.3 is 0 Å². The topological polar surface area (TPSA) is 55.9 Å². The van der Waals surface area contributed by atoms with Crippen LogP contribution in [-0.2, 0) is 9.59 Å². The molecule has 0 bridgehead atoms. The molecule has 6 heteroatoms. The molecule has 1 unspecified atom stereocenters. The van der Waals surface area contributed by atoms with E-state index in [9.17, 15) is 9.59 Å². The Bertz CT molecular complexity index is 299. The second-order valence-electron chi connectivity index (χ2n) is 4.47. The van der Waals surface area contributed by atoms with Crippen molar-refractivity contribution in [3.05, 3.63) is 0 Å². The van der Waals surface area contributed by atoms with E-state index in [0.717, 1.165) is 26.2 Å². The Balaban J connectivity index is 1.86. The first kappa shape index (κ1) is 11.5. The summed E-state index contributed by atoms with van der Waals surface area (Å²) in [6, 6.07) is -0.360. The summed E-state index contributed by atoms with van der Waals surface area (Å²) in [5.74, 6) is -0.222. The van der Waals surface area contributed by atoms with Crippen molar-refractivity contribution in [1.82, 2.24) is 20.2 Å². The molecular weight excluding hydrogens is 208 g/mol. The fourth-order valence-corrected chi connectivity index (χ4v) is 2.01. The van der Waals surface area contributed by atoms with Crippen molar-refractivity contribution < 1.29 is 9.59 Å². The van der Waals surface area contributed by atoms with Crippen LogP contribution in [0.4, 0.5) is 0 Å². The Labute approximate surface area is 95.1 Å². The highest BCUT2D eigenvalue weighted by Crippen LogP contribution is 2.11. The van der Waals surface area contributed by atoms with Gasteiger partial charge in [-0.3, -0.25) is 14.5 Å². The molecule has 2 aliphatic heterocycles. The molecule has 0 aliphatic carbocycles. The summed E-state index contributed by atoms with van der Waals surface area (Å²) in [6.07, 6.45) is 0.279. The van der Waals surface area contributed by atoms with Gasteiger partial charge in [0, 0.05) is 33.2 Å². The van der Waals surface area contributed by atoms with Crippen molar-refractivity contribution in [3.8, 4) is 0 Å². The van der Waals surface area contributed by atoms with E-state index in [1.54, 1.807) is 0 Å². The lowest BCUT2D eigenvalue weighted by Crippen LogP contribution is -2.55. The summed E-state index contributed by atoms with van der Waals surface area (Å²) >= 11 is 0. The second-order valence-corrected chi connectivity index (χ2v) is 4.47. The molecule has 1 atom stereocenters. The van der Waals surface area contributed by atoms with E-state index >= 15 is 0 Å². The van der Waals surface area contributed by atoms with Gasteiger partial charge in [-0.1, -0.05) is 0 Å². The molecule has 2 saturated heterocycles. The van der Waals surface area contributed by atoms with Gasteiger partial charge < -0.3 is 4.90 Å². The number of nitrogens with zero attached hydrogens (tertiary/aromatic N) is 3. The van der Waals surface area contributed by atoms with Gasteiger partial charge in [0.2, 0.25) is 11.8 Å². The van der Waals surface area contributed by atoms with E-state index in [1.807, 2.05) is 5.01 Å². The minimum atomic E-state index is -0.360. The van der Waals surface area contributed by atoms with E-state index < -0.39 is 0 Å². The van der Waals surface area contributed by atoms with Crippen molar-refractivity contribution in [3.63, 3.8) is 0 Å². The van der Waals surface area contributed by atoms with E-state index in [-0.39, 0.29) is 24.3 Å². The maximum atomic E-state index is 11.7. The molecule has 0 aromatic rings. The van der Waals surface area contributed by atoms with Crippen molar-refractivity contribution in [2.45, 2.75) is 12.5 Å². The zero-order valence-corrected chi connectivity index (χ0v) is 9.77. The van der Waals surface area contributed by atoms with Gasteiger partial charge in [0.25, 0.3) is 0 Å². The summed E-state index contributed by atoms with van der Waals surface area (Å²) in [5.41, 5.74) is 3.14. The lowest BCUT2D eigenvalue weighted by Gasteiger charge is -2.33. The van der Waals surface area contributed by atoms with Crippen LogP contribution in [0.2, 0.25) is 0 Å². The van der Waals surface area contributed by atoms with Crippen LogP contribution in [0, 0.1) is 0 Å². The second kappa shape index (κ2) is 4.48. The van der Waals surface area contributed by atoms with Gasteiger partial charge in [-0.2, -0.15) is 0 Å². The van der Waals surface area contributed by atoms with Crippen LogP contribution in [0.15, 0.2) is 0 Å². The Kier molecular flexibility index (Phi) is 3.22. The zero-order valence-electron chi connectivity index (χ0n) is 9.77. The van der Waals surface area contributed by atoms with Crippen molar-refractivity contribution in [2.24, 2.45) is 0 Å². The largest absolute Gasteiger partial charge is 0.304 e. The minimum Gasteiger partial charge on any atom is -0.304 e. The third-order valence-electron chi connectivity index (χ3n) is 3.22. The lowest BCUT2D eigenvalue weighted by atomic mass is 10.2. The summed E-state index contributed by atoms with van der Waals surface area (Å²) in [4.78, 5) is 26.4. The number of amides is 2. The number of rotatable bonds is 2. The van der Waals surface area contributed by atoms with Crippen LogP contribution >= 0.6 is 0 Å². The van der Waals surface area contributed by atoms with Crippen molar-refractivity contribution >= 4 is 11.8 Å². The van der Waals surface area contributed by atoms with Gasteiger partial charge in [-0.05, 0) is 7.05 Å². The van der Waals surface area contributed by atoms with Crippen LogP contribution in [0.1, 0.15) is 6.42 Å². The predicted octanol–water partition coefficient (Wildman–Crippen LogP) is -1.50. The molecule has 2 fully saturated rings. The van der Waals surface area contributed by atoms with Gasteiger partial charge in [-0.15, -0.1) is 0 Å². The number of nitrogens with one attached hydrogen (secondary N) is 1. The predicted molar refractivity (Wildman–Crippen MR) is 58.4 cm³/mol. The molecule has 1 N–H and O–H groups in total. The number of carbonyl (C=O) groups excluding carboxylic acids is 2. The Morgan fingerprint density at radius 2 is 1.75 bits per heavy atom. The van der Waals surface area contributed by atoms with Gasteiger partial charge in [0.1, 0.15) is 6.04 Å². The first-order valence-electron chi connectivity index (χ1n) is 5.58. The third-order valence-corrected chi connectivity index (χ3v) is 3.22. The number of carbonyl (C=O) groups is 2. The maximum absolute atomic E-state index is 11.7. The molecule has 0 aromatic heterocycles. The van der Waals surface area contributed by atoms with Crippen molar-refractivity contribution in [1.29, 1.82) is 0 Å². The normalized spacial score (nSPS) is 29.1. The number of hydrogen-bond acceptors (Lipinski definition) is 5. The molecule has 0 radical (unpaired) electrons. The number of likely N-dealkylation sites (tertiary alicyclic amines) is 1. The van der Waals surface area contributed by atoms with Gasteiger partial charge in [0.05, 0.1) is 6.42 Å². The van der Waals surface area contributed by atoms with Crippen LogP contribution in [0.25, 0.3) is 0 Å². The average Bonchev–Trinajstić information content (AvgIpc) is 2.50. The molecule has 2 heterocycles. The molecule has 0 aromatic carbocycles. The lowest BCUT2D eigenvalue weighted by molar-refractivity contribution is -0.137. The third kappa shape index (κ3) is 2.23. The van der Waals surface area contributed by atoms with Crippen LogP contribution in [0.3, 0.4) is 0 Å². The number of piperazine rings is 1. The van der Waals surface area contributed by atoms with Crippen LogP contribution < -0.4 is 5.43 Å². The first-order chi connectivity index (χ1) is 7.58. The van der Waals surface area contributed by atoms with Gasteiger partial charge in [0.15, 0.2) is 0 Å². The number of imide groups is 1. The summed E-state index contributed by atoms with van der Waals surface area (Å²) in [6.45, 7) is 3.74. The monoisotopic (exact) mass is 226 g/mol. The minimum absolute atomic E-state index is 0.100. The van der Waals surface area contributed by atoms with Crippen LogP contribution in [0.5, 0.6) is 0 Å². The van der Waals surface area contributed by atoms with E-state index in [1.165, 1.54) is 11.9 Å². The Hall–Kier alpha value is -0.980. The van der Waals surface area contributed by atoms with E-state index in [0.29, 0.717) is 0 Å². The molecule has 2 amide bonds. The summed E-state index contributed by atoms with van der Waals surface area (Å²) < 4.78 is 0. The van der Waals surface area contributed by atoms with Crippen LogP contribution in [-0.4, -0.2) is 72.9 Å². The standard InChI is InChI=1S/C10H18N4O2/c1-12-3-5-14(6-4-12)11-8-7-9(15)13(2)10(8)16/h8,11H,3-7H2,1-2H3. The fraction of sp³-hybridized carbons (Fsp3) is 0.800. The molecule has 90 valence electrons. The Morgan fingerprint density at radius 1 is 1.12 bits per heavy atom. The van der Waals surface area contributed by atoms with E-state index in [4.69, 9.17) is 0 Å². The molecule has 2 aliphatic rings. The molecule has 16 heavy (non-hydrogen) atoms. The number of likely N-dealkylation sites (N-methyl/N-ethyl adjacent to an activating group) is 2. The highest BCUT2D eigenvalue weighted by molar-refractivity contribution is 6.05.